The quantitative estimate of drug-likeness (QED) is 0.198. The van der Waals surface area contributed by atoms with Gasteiger partial charge in [-0.3, -0.25) is 19.2 Å². The summed E-state index contributed by atoms with van der Waals surface area (Å²) in [7, 11) is 1.31. The van der Waals surface area contributed by atoms with Crippen LogP contribution in [0.5, 0.6) is 0 Å². The molecule has 2 aromatic carbocycles. The van der Waals surface area contributed by atoms with E-state index in [0.717, 1.165) is 11.1 Å². The molecular weight excluding hydrogens is 524 g/mol. The Balaban J connectivity index is 1.98. The Labute approximate surface area is 243 Å². The van der Waals surface area contributed by atoms with Gasteiger partial charge in [0.2, 0.25) is 6.79 Å². The van der Waals surface area contributed by atoms with Gasteiger partial charge in [0, 0.05) is 12.8 Å². The highest BCUT2D eigenvalue weighted by atomic mass is 16.7. The molecule has 0 spiro atoms. The highest BCUT2D eigenvalue weighted by Crippen LogP contribution is 2.32. The summed E-state index contributed by atoms with van der Waals surface area (Å²) in [5.41, 5.74) is 2.18. The lowest BCUT2D eigenvalue weighted by atomic mass is 9.80. The third-order valence-electron chi connectivity index (χ3n) is 7.93. The van der Waals surface area contributed by atoms with Gasteiger partial charge >= 0.3 is 17.9 Å². The Bertz CT molecular complexity index is 1010. The first-order chi connectivity index (χ1) is 19.6. The summed E-state index contributed by atoms with van der Waals surface area (Å²) in [6, 6.07) is 19.6. The zero-order chi connectivity index (χ0) is 30.4. The fourth-order valence-corrected chi connectivity index (χ4v) is 5.12. The Hall–Kier alpha value is -3.52. The average molecular weight is 569 g/mol. The molecule has 1 N–H and O–H groups in total. The van der Waals surface area contributed by atoms with Gasteiger partial charge in [-0.1, -0.05) is 88.4 Å². The van der Waals surface area contributed by atoms with Crippen molar-refractivity contribution in [1.82, 2.24) is 0 Å². The standard InChI is InChI=1S/C33H44O8/c1-22(26-12-8-6-9-13-26)16-28(18-30(35)20-34)24(3)32(37)40-21-41-33(38)25(4)29(19-31(36)39-5)17-23(2)27-14-10-7-11-15-27/h6-15,22-25,28-29,34H,16-21H2,1-5H3/t22?,23-,24-,25+,28?,29?/m0/s1. The highest BCUT2D eigenvalue weighted by molar-refractivity contribution is 5.81. The third-order valence-corrected chi connectivity index (χ3v) is 7.93. The molecule has 8 heteroatoms. The van der Waals surface area contributed by atoms with E-state index in [1.807, 2.05) is 74.5 Å². The van der Waals surface area contributed by atoms with Crippen LogP contribution in [-0.2, 0) is 33.4 Å². The third kappa shape index (κ3) is 11.1. The van der Waals surface area contributed by atoms with Crippen molar-refractivity contribution in [3.05, 3.63) is 71.8 Å². The molecule has 0 saturated heterocycles. The summed E-state index contributed by atoms with van der Waals surface area (Å²) < 4.78 is 15.4. The predicted molar refractivity (Wildman–Crippen MR) is 155 cm³/mol. The molecule has 0 aliphatic heterocycles. The van der Waals surface area contributed by atoms with Crippen molar-refractivity contribution >= 4 is 23.7 Å². The molecule has 0 aliphatic rings. The van der Waals surface area contributed by atoms with E-state index < -0.39 is 43.1 Å². The molecule has 0 saturated carbocycles. The first-order valence-corrected chi connectivity index (χ1v) is 14.2. The second-order valence-corrected chi connectivity index (χ2v) is 10.9. The van der Waals surface area contributed by atoms with Gasteiger partial charge < -0.3 is 19.3 Å². The molecular formula is C33H44O8. The van der Waals surface area contributed by atoms with Crippen LogP contribution >= 0.6 is 0 Å². The predicted octanol–water partition coefficient (Wildman–Crippen LogP) is 5.44. The number of benzene rings is 2. The lowest BCUT2D eigenvalue weighted by molar-refractivity contribution is -0.174. The zero-order valence-electron chi connectivity index (χ0n) is 24.8. The van der Waals surface area contributed by atoms with Gasteiger partial charge in [0.25, 0.3) is 0 Å². The maximum atomic E-state index is 12.9. The second kappa shape index (κ2) is 17.3. The van der Waals surface area contributed by atoms with E-state index >= 15 is 0 Å². The van der Waals surface area contributed by atoms with Crippen molar-refractivity contribution < 1.29 is 38.5 Å². The lowest BCUT2D eigenvalue weighted by Gasteiger charge is -2.26. The maximum absolute atomic E-state index is 12.9. The molecule has 2 aromatic rings. The number of ketones is 1. The van der Waals surface area contributed by atoms with Gasteiger partial charge in [0.15, 0.2) is 5.78 Å². The molecule has 0 aliphatic carbocycles. The van der Waals surface area contributed by atoms with Crippen LogP contribution in [0.25, 0.3) is 0 Å². The van der Waals surface area contributed by atoms with Crippen LogP contribution in [0.2, 0.25) is 0 Å². The zero-order valence-corrected chi connectivity index (χ0v) is 24.8. The smallest absolute Gasteiger partial charge is 0.311 e. The van der Waals surface area contributed by atoms with Crippen LogP contribution in [0.4, 0.5) is 0 Å². The number of carbonyl (C=O) groups excluding carboxylic acids is 4. The summed E-state index contributed by atoms with van der Waals surface area (Å²) >= 11 is 0. The largest absolute Gasteiger partial charge is 0.469 e. The van der Waals surface area contributed by atoms with Gasteiger partial charge in [-0.05, 0) is 47.6 Å². The number of esters is 3. The fourth-order valence-electron chi connectivity index (χ4n) is 5.12. The number of carbonyl (C=O) groups is 4. The summed E-state index contributed by atoms with van der Waals surface area (Å²) in [4.78, 5) is 50.0. The van der Waals surface area contributed by atoms with E-state index in [0.29, 0.717) is 12.8 Å². The SMILES string of the molecule is COC(=O)CC(C[C@H](C)c1ccccc1)[C@@H](C)C(=O)OCOC(=O)[C@@H](C)C(CC(=O)CO)CC(C)c1ccccc1. The molecule has 0 fully saturated rings. The number of methoxy groups -OCH3 is 1. The topological polar surface area (TPSA) is 116 Å². The molecule has 0 radical (unpaired) electrons. The molecule has 41 heavy (non-hydrogen) atoms. The molecule has 6 atom stereocenters. The van der Waals surface area contributed by atoms with Crippen molar-refractivity contribution in [3.63, 3.8) is 0 Å². The van der Waals surface area contributed by atoms with Gasteiger partial charge in [-0.25, -0.2) is 0 Å². The highest BCUT2D eigenvalue weighted by Gasteiger charge is 2.32. The first-order valence-electron chi connectivity index (χ1n) is 14.2. The normalized spacial score (nSPS) is 15.5. The fraction of sp³-hybridized carbons (Fsp3) is 0.515. The molecule has 0 bridgehead atoms. The van der Waals surface area contributed by atoms with Crippen molar-refractivity contribution in [1.29, 1.82) is 0 Å². The van der Waals surface area contributed by atoms with E-state index in [1.54, 1.807) is 13.8 Å². The van der Waals surface area contributed by atoms with Crippen LogP contribution in [0, 0.1) is 23.7 Å². The van der Waals surface area contributed by atoms with Crippen LogP contribution in [0.3, 0.4) is 0 Å². The van der Waals surface area contributed by atoms with Crippen LogP contribution in [0.15, 0.2) is 60.7 Å². The number of aliphatic hydroxyl groups is 1. The lowest BCUT2D eigenvalue weighted by Crippen LogP contribution is -2.30. The first kappa shape index (κ1) is 33.7. The Morgan fingerprint density at radius 3 is 1.49 bits per heavy atom. The van der Waals surface area contributed by atoms with E-state index in [-0.39, 0.29) is 42.3 Å². The van der Waals surface area contributed by atoms with Crippen LogP contribution < -0.4 is 0 Å². The monoisotopic (exact) mass is 568 g/mol. The number of ether oxygens (including phenoxy) is 3. The average Bonchev–Trinajstić information content (AvgIpc) is 2.99. The van der Waals surface area contributed by atoms with E-state index in [9.17, 15) is 24.3 Å². The molecule has 0 amide bonds. The number of hydrogen-bond acceptors (Lipinski definition) is 8. The number of hydrogen-bond donors (Lipinski definition) is 1. The van der Waals surface area contributed by atoms with Crippen molar-refractivity contribution in [2.45, 2.75) is 65.2 Å². The molecule has 224 valence electrons. The van der Waals surface area contributed by atoms with Crippen molar-refractivity contribution in [2.24, 2.45) is 23.7 Å². The summed E-state index contributed by atoms with van der Waals surface area (Å²) in [6.07, 6.45) is 1.19. The Morgan fingerprint density at radius 2 is 1.10 bits per heavy atom. The van der Waals surface area contributed by atoms with Gasteiger partial charge in [-0.2, -0.15) is 0 Å². The minimum Gasteiger partial charge on any atom is -0.469 e. The number of rotatable bonds is 17. The summed E-state index contributed by atoms with van der Waals surface area (Å²) in [6.45, 7) is 6.27. The molecule has 3 unspecified atom stereocenters. The molecule has 8 nitrogen and oxygen atoms in total. The Kier molecular flexibility index (Phi) is 14.2. The van der Waals surface area contributed by atoms with E-state index in [2.05, 4.69) is 0 Å². The maximum Gasteiger partial charge on any atom is 0.311 e. The van der Waals surface area contributed by atoms with E-state index in [1.165, 1.54) is 7.11 Å². The molecule has 2 rings (SSSR count). The van der Waals surface area contributed by atoms with Crippen LogP contribution in [-0.4, -0.2) is 49.3 Å². The Morgan fingerprint density at radius 1 is 0.683 bits per heavy atom. The number of aliphatic hydroxyl groups excluding tert-OH is 1. The van der Waals surface area contributed by atoms with E-state index in [4.69, 9.17) is 14.2 Å². The van der Waals surface area contributed by atoms with Crippen LogP contribution in [0.1, 0.15) is 76.3 Å². The molecule has 0 heterocycles. The summed E-state index contributed by atoms with van der Waals surface area (Å²) in [5.74, 6) is -3.77. The van der Waals surface area contributed by atoms with Gasteiger partial charge in [0.1, 0.15) is 6.61 Å². The van der Waals surface area contributed by atoms with Crippen molar-refractivity contribution in [2.75, 3.05) is 20.5 Å². The minimum atomic E-state index is -0.661. The summed E-state index contributed by atoms with van der Waals surface area (Å²) in [5, 5.41) is 9.29. The second-order valence-electron chi connectivity index (χ2n) is 10.9. The van der Waals surface area contributed by atoms with Gasteiger partial charge in [0.05, 0.1) is 18.9 Å². The molecule has 0 aromatic heterocycles. The minimum absolute atomic E-state index is 0.0373. The van der Waals surface area contributed by atoms with Gasteiger partial charge in [-0.15, -0.1) is 0 Å². The number of Topliss-reactive ketones (excluding diaryl/α,β-unsaturated/α-hetero) is 1. The van der Waals surface area contributed by atoms with Crippen molar-refractivity contribution in [3.8, 4) is 0 Å².